The molecule has 3 heterocycles. The first-order chi connectivity index (χ1) is 17.5. The SMILES string of the molecule is COCCNC(=O)C[C@]12COC[C@H]1CN(Cc1cccc(C)n1)C2.O=C(O)C(F)(F)F.O=C(O)C(F)(F)F. The molecule has 2 atom stereocenters. The summed E-state index contributed by atoms with van der Waals surface area (Å²) in [5, 5.41) is 17.2. The number of aromatic nitrogens is 1. The third-order valence-corrected chi connectivity index (χ3v) is 5.55. The van der Waals surface area contributed by atoms with E-state index in [-0.39, 0.29) is 11.3 Å². The van der Waals surface area contributed by atoms with Crippen LogP contribution < -0.4 is 5.32 Å². The number of hydrogen-bond donors (Lipinski definition) is 3. The van der Waals surface area contributed by atoms with E-state index in [9.17, 15) is 31.1 Å². The number of alkyl halides is 6. The van der Waals surface area contributed by atoms with E-state index in [2.05, 4.69) is 27.3 Å². The van der Waals surface area contributed by atoms with Crippen LogP contribution in [0.1, 0.15) is 17.8 Å². The van der Waals surface area contributed by atoms with Crippen LogP contribution in [0.15, 0.2) is 18.2 Å². The summed E-state index contributed by atoms with van der Waals surface area (Å²) >= 11 is 0. The Kier molecular flexibility index (Phi) is 12.4. The first-order valence-corrected chi connectivity index (χ1v) is 11.1. The lowest BCUT2D eigenvalue weighted by Crippen LogP contribution is -2.38. The second-order valence-electron chi connectivity index (χ2n) is 8.64. The van der Waals surface area contributed by atoms with Crippen molar-refractivity contribution in [3.05, 3.63) is 29.6 Å². The highest BCUT2D eigenvalue weighted by molar-refractivity contribution is 5.77. The van der Waals surface area contributed by atoms with Crippen molar-refractivity contribution in [2.24, 2.45) is 11.3 Å². The van der Waals surface area contributed by atoms with Crippen LogP contribution in [0, 0.1) is 18.3 Å². The average Bonchev–Trinajstić information content (AvgIpc) is 3.29. The predicted molar refractivity (Wildman–Crippen MR) is 118 cm³/mol. The summed E-state index contributed by atoms with van der Waals surface area (Å²) < 4.78 is 74.2. The number of carboxylic acids is 2. The van der Waals surface area contributed by atoms with Crippen LogP contribution >= 0.6 is 0 Å². The maximum atomic E-state index is 12.3. The zero-order chi connectivity index (χ0) is 29.1. The second-order valence-corrected chi connectivity index (χ2v) is 8.64. The second kappa shape index (κ2) is 14.2. The molecule has 0 spiro atoms. The van der Waals surface area contributed by atoms with Gasteiger partial charge in [0.2, 0.25) is 5.91 Å². The molecular weight excluding hydrogens is 532 g/mol. The number of ether oxygens (including phenoxy) is 2. The van der Waals surface area contributed by atoms with Crippen molar-refractivity contribution in [2.75, 3.05) is 46.6 Å². The summed E-state index contributed by atoms with van der Waals surface area (Å²) in [6.45, 7) is 7.26. The van der Waals surface area contributed by atoms with Gasteiger partial charge in [-0.05, 0) is 19.1 Å². The molecule has 0 radical (unpaired) electrons. The van der Waals surface area contributed by atoms with Crippen LogP contribution in [0.5, 0.6) is 0 Å². The maximum Gasteiger partial charge on any atom is 0.490 e. The molecule has 16 heteroatoms. The molecule has 0 bridgehead atoms. The lowest BCUT2D eigenvalue weighted by Gasteiger charge is -2.26. The molecule has 3 N–H and O–H groups in total. The van der Waals surface area contributed by atoms with E-state index in [4.69, 9.17) is 29.3 Å². The van der Waals surface area contributed by atoms with Gasteiger partial charge in [0.25, 0.3) is 0 Å². The minimum absolute atomic E-state index is 0.0546. The molecule has 2 aliphatic rings. The van der Waals surface area contributed by atoms with Crippen LogP contribution in [-0.4, -0.2) is 96.9 Å². The van der Waals surface area contributed by atoms with E-state index in [0.29, 0.717) is 32.1 Å². The van der Waals surface area contributed by atoms with Crippen LogP contribution in [0.3, 0.4) is 0 Å². The first-order valence-electron chi connectivity index (χ1n) is 11.1. The molecule has 2 aliphatic heterocycles. The summed E-state index contributed by atoms with van der Waals surface area (Å²) in [6, 6.07) is 6.14. The number of nitrogens with one attached hydrogen (secondary N) is 1. The van der Waals surface area contributed by atoms with E-state index >= 15 is 0 Å². The lowest BCUT2D eigenvalue weighted by atomic mass is 9.78. The molecule has 216 valence electrons. The molecule has 2 saturated heterocycles. The standard InChI is InChI=1S/C18H27N3O3.2C2HF3O2/c1-14-4-3-5-16(20-14)10-21-9-15-11-24-13-18(15,12-21)8-17(22)19-6-7-23-2;2*3-2(4,5)1(6)7/h3-5,15H,6-13H2,1-2H3,(H,19,22);2*(H,6,7)/t15-,18+;;/m1../s1. The summed E-state index contributed by atoms with van der Waals surface area (Å²) in [5.74, 6) is -4.99. The normalized spacial score (nSPS) is 20.9. The number of carboxylic acid groups (broad SMARTS) is 2. The Bertz CT molecular complexity index is 921. The molecule has 38 heavy (non-hydrogen) atoms. The number of fused-ring (bicyclic) bond motifs is 1. The number of pyridine rings is 1. The van der Waals surface area contributed by atoms with Gasteiger partial charge in [-0.3, -0.25) is 14.7 Å². The first kappa shape index (κ1) is 33.0. The van der Waals surface area contributed by atoms with Gasteiger partial charge in [-0.15, -0.1) is 0 Å². The smallest absolute Gasteiger partial charge is 0.475 e. The fourth-order valence-electron chi connectivity index (χ4n) is 3.90. The topological polar surface area (TPSA) is 138 Å². The molecule has 1 aromatic heterocycles. The highest BCUT2D eigenvalue weighted by Crippen LogP contribution is 2.44. The van der Waals surface area contributed by atoms with E-state index in [0.717, 1.165) is 37.6 Å². The Morgan fingerprint density at radius 3 is 2.24 bits per heavy atom. The minimum atomic E-state index is -5.08. The third kappa shape index (κ3) is 11.2. The number of aliphatic carboxylic acids is 2. The van der Waals surface area contributed by atoms with Crippen LogP contribution in [0.2, 0.25) is 0 Å². The van der Waals surface area contributed by atoms with Gasteiger partial charge in [0.1, 0.15) is 0 Å². The Labute approximate surface area is 213 Å². The van der Waals surface area contributed by atoms with Crippen molar-refractivity contribution < 1.29 is 60.4 Å². The molecule has 1 amide bonds. The molecule has 0 aromatic carbocycles. The number of rotatable bonds is 7. The zero-order valence-corrected chi connectivity index (χ0v) is 20.6. The Balaban J connectivity index is 0.000000426. The molecule has 1 aromatic rings. The number of hydrogen-bond acceptors (Lipinski definition) is 7. The van der Waals surface area contributed by atoms with Crippen LogP contribution in [0.25, 0.3) is 0 Å². The van der Waals surface area contributed by atoms with Gasteiger partial charge in [0.05, 0.1) is 25.5 Å². The lowest BCUT2D eigenvalue weighted by molar-refractivity contribution is -0.193. The van der Waals surface area contributed by atoms with E-state index in [1.165, 1.54) is 0 Å². The van der Waals surface area contributed by atoms with Crippen molar-refractivity contribution in [3.63, 3.8) is 0 Å². The van der Waals surface area contributed by atoms with Crippen molar-refractivity contribution in [2.45, 2.75) is 32.2 Å². The van der Waals surface area contributed by atoms with Crippen molar-refractivity contribution in [1.29, 1.82) is 0 Å². The summed E-state index contributed by atoms with van der Waals surface area (Å²) in [6.07, 6.45) is -9.64. The van der Waals surface area contributed by atoms with Crippen molar-refractivity contribution >= 4 is 17.8 Å². The molecule has 0 aliphatic carbocycles. The van der Waals surface area contributed by atoms with E-state index in [1.54, 1.807) is 7.11 Å². The van der Waals surface area contributed by atoms with Crippen LogP contribution in [0.4, 0.5) is 26.3 Å². The fourth-order valence-corrected chi connectivity index (χ4v) is 3.90. The predicted octanol–water partition coefficient (Wildman–Crippen LogP) is 2.26. The van der Waals surface area contributed by atoms with Gasteiger partial charge in [-0.25, -0.2) is 9.59 Å². The van der Waals surface area contributed by atoms with Gasteiger partial charge in [0, 0.05) is 56.7 Å². The maximum absolute atomic E-state index is 12.3. The van der Waals surface area contributed by atoms with Gasteiger partial charge in [-0.1, -0.05) is 6.07 Å². The number of nitrogens with zero attached hydrogens (tertiary/aromatic N) is 2. The Hall–Kier alpha value is -2.98. The van der Waals surface area contributed by atoms with Gasteiger partial charge in [0.15, 0.2) is 0 Å². The number of amides is 1. The quantitative estimate of drug-likeness (QED) is 0.338. The van der Waals surface area contributed by atoms with Crippen molar-refractivity contribution in [1.82, 2.24) is 15.2 Å². The highest BCUT2D eigenvalue weighted by Gasteiger charge is 2.51. The zero-order valence-electron chi connectivity index (χ0n) is 20.6. The van der Waals surface area contributed by atoms with E-state index < -0.39 is 24.3 Å². The number of methoxy groups -OCH3 is 1. The molecule has 0 unspecified atom stereocenters. The summed E-state index contributed by atoms with van der Waals surface area (Å²) in [5.41, 5.74) is 2.08. The number of carbonyl (C=O) groups excluding carboxylic acids is 1. The number of halogens is 6. The summed E-state index contributed by atoms with van der Waals surface area (Å²) in [4.78, 5) is 37.1. The van der Waals surface area contributed by atoms with Crippen LogP contribution in [-0.2, 0) is 30.4 Å². The number of aryl methyl sites for hydroxylation is 1. The molecule has 3 rings (SSSR count). The van der Waals surface area contributed by atoms with E-state index in [1.807, 2.05) is 13.0 Å². The third-order valence-electron chi connectivity index (χ3n) is 5.55. The summed E-state index contributed by atoms with van der Waals surface area (Å²) in [7, 11) is 1.64. The average molecular weight is 561 g/mol. The highest BCUT2D eigenvalue weighted by atomic mass is 19.4. The number of likely N-dealkylation sites (tertiary alicyclic amines) is 1. The fraction of sp³-hybridized carbons (Fsp3) is 0.636. The Morgan fingerprint density at radius 2 is 1.74 bits per heavy atom. The minimum Gasteiger partial charge on any atom is -0.475 e. The Morgan fingerprint density at radius 1 is 1.16 bits per heavy atom. The van der Waals surface area contributed by atoms with Gasteiger partial charge in [-0.2, -0.15) is 26.3 Å². The molecule has 2 fully saturated rings. The molecule has 0 saturated carbocycles. The largest absolute Gasteiger partial charge is 0.490 e. The molecule has 10 nitrogen and oxygen atoms in total. The number of carbonyl (C=O) groups is 3. The van der Waals surface area contributed by atoms with Gasteiger partial charge < -0.3 is 25.0 Å². The van der Waals surface area contributed by atoms with Crippen molar-refractivity contribution in [3.8, 4) is 0 Å². The monoisotopic (exact) mass is 561 g/mol. The van der Waals surface area contributed by atoms with Gasteiger partial charge >= 0.3 is 24.3 Å². The molecular formula is C22H29F6N3O7.